The van der Waals surface area contributed by atoms with Gasteiger partial charge in [-0.2, -0.15) is 18.3 Å². The third kappa shape index (κ3) is 3.60. The average molecular weight is 337 g/mol. The number of rotatable bonds is 3. The van der Waals surface area contributed by atoms with Crippen molar-refractivity contribution in [3.05, 3.63) is 36.5 Å². The van der Waals surface area contributed by atoms with E-state index in [0.29, 0.717) is 24.2 Å². The summed E-state index contributed by atoms with van der Waals surface area (Å²) >= 11 is 0. The largest absolute Gasteiger partial charge is 0.391 e. The van der Waals surface area contributed by atoms with Crippen LogP contribution in [-0.4, -0.2) is 22.3 Å². The molecule has 2 N–H and O–H groups in total. The normalized spacial score (nSPS) is 21.5. The fourth-order valence-electron chi connectivity index (χ4n) is 3.17. The number of nitrogens with one attached hydrogen (secondary N) is 2. The highest BCUT2D eigenvalue weighted by molar-refractivity contribution is 5.95. The van der Waals surface area contributed by atoms with Crippen LogP contribution >= 0.6 is 0 Å². The monoisotopic (exact) mass is 337 g/mol. The Morgan fingerprint density at radius 3 is 2.67 bits per heavy atom. The molecule has 2 unspecified atom stereocenters. The molecule has 0 aliphatic heterocycles. The van der Waals surface area contributed by atoms with E-state index in [1.54, 1.807) is 0 Å². The Balaban J connectivity index is 1.71. The molecular weight excluding hydrogens is 319 g/mol. The van der Waals surface area contributed by atoms with E-state index in [-0.39, 0.29) is 18.7 Å². The van der Waals surface area contributed by atoms with Crippen LogP contribution in [0.5, 0.6) is 0 Å². The van der Waals surface area contributed by atoms with Crippen LogP contribution in [0.3, 0.4) is 0 Å². The lowest BCUT2D eigenvalue weighted by Gasteiger charge is -2.29. The predicted molar refractivity (Wildman–Crippen MR) is 84.2 cm³/mol. The molecule has 24 heavy (non-hydrogen) atoms. The van der Waals surface area contributed by atoms with Crippen molar-refractivity contribution in [2.45, 2.75) is 31.9 Å². The maximum atomic E-state index is 12.9. The van der Waals surface area contributed by atoms with Gasteiger partial charge in [-0.25, -0.2) is 0 Å². The lowest BCUT2D eigenvalue weighted by Crippen LogP contribution is -2.34. The van der Waals surface area contributed by atoms with Crippen molar-refractivity contribution >= 4 is 11.6 Å². The van der Waals surface area contributed by atoms with Gasteiger partial charge in [0.15, 0.2) is 0 Å². The summed E-state index contributed by atoms with van der Waals surface area (Å²) in [4.78, 5) is 12.4. The molecule has 3 rings (SSSR count). The molecule has 0 saturated heterocycles. The van der Waals surface area contributed by atoms with Crippen molar-refractivity contribution in [2.24, 2.45) is 11.8 Å². The molecule has 2 aromatic rings. The number of hydrogen-bond acceptors (Lipinski definition) is 2. The van der Waals surface area contributed by atoms with E-state index in [4.69, 9.17) is 0 Å². The van der Waals surface area contributed by atoms with Gasteiger partial charge in [-0.1, -0.05) is 36.8 Å². The summed E-state index contributed by atoms with van der Waals surface area (Å²) in [5.74, 6) is -2.38. The molecule has 1 aromatic heterocycles. The molecule has 0 spiro atoms. The lowest BCUT2D eigenvalue weighted by molar-refractivity contribution is -0.185. The molecule has 0 bridgehead atoms. The zero-order valence-corrected chi connectivity index (χ0v) is 12.9. The molecule has 4 nitrogen and oxygen atoms in total. The molecule has 7 heteroatoms. The first-order valence-electron chi connectivity index (χ1n) is 7.91. The van der Waals surface area contributed by atoms with Crippen LogP contribution in [0.4, 0.5) is 18.9 Å². The van der Waals surface area contributed by atoms with Gasteiger partial charge in [0, 0.05) is 11.5 Å². The summed E-state index contributed by atoms with van der Waals surface area (Å²) in [6.07, 6.45) is -1.90. The van der Waals surface area contributed by atoms with Crippen LogP contribution < -0.4 is 5.32 Å². The standard InChI is InChI=1S/C17H18F3N3O/c18-17(19,20)13-8-4-7-12(9-13)16(24)22-14-10-21-23-15(14)11-5-2-1-3-6-11/h1-3,5-6,10,12-13H,4,7-9H2,(H,21,23)(H,22,24). The summed E-state index contributed by atoms with van der Waals surface area (Å²) in [5, 5.41) is 9.48. The zero-order chi connectivity index (χ0) is 17.2. The number of nitrogens with zero attached hydrogens (tertiary/aromatic N) is 1. The first-order valence-corrected chi connectivity index (χ1v) is 7.91. The van der Waals surface area contributed by atoms with Crippen molar-refractivity contribution in [1.82, 2.24) is 10.2 Å². The number of hydrogen-bond donors (Lipinski definition) is 2. The maximum Gasteiger partial charge on any atom is 0.391 e. The third-order valence-electron chi connectivity index (χ3n) is 4.47. The Kier molecular flexibility index (Phi) is 4.59. The first-order chi connectivity index (χ1) is 11.4. The highest BCUT2D eigenvalue weighted by atomic mass is 19.4. The van der Waals surface area contributed by atoms with Gasteiger partial charge in [0.1, 0.15) is 0 Å². The van der Waals surface area contributed by atoms with Gasteiger partial charge in [0.25, 0.3) is 0 Å². The maximum absolute atomic E-state index is 12.9. The summed E-state index contributed by atoms with van der Waals surface area (Å²) in [6, 6.07) is 9.32. The van der Waals surface area contributed by atoms with Crippen LogP contribution in [0, 0.1) is 11.8 Å². The van der Waals surface area contributed by atoms with E-state index >= 15 is 0 Å². The van der Waals surface area contributed by atoms with Crippen molar-refractivity contribution in [1.29, 1.82) is 0 Å². The topological polar surface area (TPSA) is 57.8 Å². The number of carbonyl (C=O) groups excluding carboxylic acids is 1. The highest BCUT2D eigenvalue weighted by Gasteiger charge is 2.43. The molecule has 1 fully saturated rings. The predicted octanol–water partition coefficient (Wildman–Crippen LogP) is 4.38. The molecule has 0 radical (unpaired) electrons. The number of H-pyrrole nitrogens is 1. The van der Waals surface area contributed by atoms with Crippen LogP contribution in [-0.2, 0) is 4.79 Å². The van der Waals surface area contributed by atoms with Gasteiger partial charge >= 0.3 is 6.18 Å². The number of carbonyl (C=O) groups is 1. The smallest absolute Gasteiger partial charge is 0.323 e. The van der Waals surface area contributed by atoms with E-state index in [0.717, 1.165) is 5.56 Å². The van der Waals surface area contributed by atoms with Crippen molar-refractivity contribution in [2.75, 3.05) is 5.32 Å². The van der Waals surface area contributed by atoms with Crippen LogP contribution in [0.1, 0.15) is 25.7 Å². The van der Waals surface area contributed by atoms with Crippen LogP contribution in [0.25, 0.3) is 11.3 Å². The van der Waals surface area contributed by atoms with Gasteiger partial charge < -0.3 is 5.32 Å². The molecular formula is C17H18F3N3O. The van der Waals surface area contributed by atoms with E-state index in [2.05, 4.69) is 15.5 Å². The number of aromatic amines is 1. The van der Waals surface area contributed by atoms with Crippen molar-refractivity contribution in [3.8, 4) is 11.3 Å². The Morgan fingerprint density at radius 1 is 1.21 bits per heavy atom. The molecule has 128 valence electrons. The average Bonchev–Trinajstić information content (AvgIpc) is 3.03. The van der Waals surface area contributed by atoms with Gasteiger partial charge in [-0.05, 0) is 19.3 Å². The van der Waals surface area contributed by atoms with Crippen molar-refractivity contribution < 1.29 is 18.0 Å². The molecule has 1 saturated carbocycles. The number of aromatic nitrogens is 2. The van der Waals surface area contributed by atoms with E-state index in [1.807, 2.05) is 30.3 Å². The molecule has 1 aromatic carbocycles. The first kappa shape index (κ1) is 16.5. The summed E-state index contributed by atoms with van der Waals surface area (Å²) in [5.41, 5.74) is 1.98. The lowest BCUT2D eigenvalue weighted by atomic mass is 9.80. The number of halogens is 3. The molecule has 1 aliphatic rings. The molecule has 1 heterocycles. The quantitative estimate of drug-likeness (QED) is 0.873. The molecule has 1 amide bonds. The number of anilines is 1. The van der Waals surface area contributed by atoms with Crippen LogP contribution in [0.2, 0.25) is 0 Å². The second-order valence-electron chi connectivity index (χ2n) is 6.12. The fourth-order valence-corrected chi connectivity index (χ4v) is 3.17. The summed E-state index contributed by atoms with van der Waals surface area (Å²) in [6.45, 7) is 0. The van der Waals surface area contributed by atoms with Gasteiger partial charge in [0.05, 0.1) is 23.5 Å². The minimum atomic E-state index is -4.23. The Morgan fingerprint density at radius 2 is 1.96 bits per heavy atom. The van der Waals surface area contributed by atoms with E-state index in [1.165, 1.54) is 6.20 Å². The Bertz CT molecular complexity index is 697. The SMILES string of the molecule is O=C(Nc1cn[nH]c1-c1ccccc1)C1CCCC(C(F)(F)F)C1. The second kappa shape index (κ2) is 6.67. The van der Waals surface area contributed by atoms with Gasteiger partial charge in [-0.3, -0.25) is 9.89 Å². The summed E-state index contributed by atoms with van der Waals surface area (Å²) in [7, 11) is 0. The van der Waals surface area contributed by atoms with Gasteiger partial charge in [0.2, 0.25) is 5.91 Å². The van der Waals surface area contributed by atoms with E-state index < -0.39 is 18.0 Å². The number of benzene rings is 1. The third-order valence-corrected chi connectivity index (χ3v) is 4.47. The van der Waals surface area contributed by atoms with Crippen LogP contribution in [0.15, 0.2) is 36.5 Å². The van der Waals surface area contributed by atoms with E-state index in [9.17, 15) is 18.0 Å². The molecule has 1 aliphatic carbocycles. The second-order valence-corrected chi connectivity index (χ2v) is 6.12. The Hall–Kier alpha value is -2.31. The minimum absolute atomic E-state index is 0.105. The van der Waals surface area contributed by atoms with Gasteiger partial charge in [-0.15, -0.1) is 0 Å². The Labute approximate surface area is 137 Å². The van der Waals surface area contributed by atoms with Crippen molar-refractivity contribution in [3.63, 3.8) is 0 Å². The highest BCUT2D eigenvalue weighted by Crippen LogP contribution is 2.40. The number of amides is 1. The summed E-state index contributed by atoms with van der Waals surface area (Å²) < 4.78 is 38.7. The number of alkyl halides is 3. The minimum Gasteiger partial charge on any atom is -0.323 e. The zero-order valence-electron chi connectivity index (χ0n) is 12.9. The fraction of sp³-hybridized carbons (Fsp3) is 0.412. The molecule has 2 atom stereocenters.